The SMILES string of the molecule is CC(=O)NC(C(=O)Nc1ccc(-c2nn[nH]n2)cc1)C1CCCC1. The number of anilines is 1. The molecule has 126 valence electrons. The van der Waals surface area contributed by atoms with E-state index in [0.717, 1.165) is 31.2 Å². The second-order valence-corrected chi connectivity index (χ2v) is 6.02. The molecule has 1 saturated carbocycles. The Bertz CT molecular complexity index is 692. The predicted octanol–water partition coefficient (Wildman–Crippen LogP) is 1.50. The van der Waals surface area contributed by atoms with E-state index in [1.165, 1.54) is 6.92 Å². The third-order valence-electron chi connectivity index (χ3n) is 4.27. The molecule has 0 bridgehead atoms. The standard InChI is InChI=1S/C16H20N6O2/c1-10(23)17-14(11-4-2-3-5-11)16(24)18-13-8-6-12(7-9-13)15-19-21-22-20-15/h6-9,11,14H,2-5H2,1H3,(H,17,23)(H,18,24)(H,19,20,21,22). The number of aromatic nitrogens is 4. The predicted molar refractivity (Wildman–Crippen MR) is 87.8 cm³/mol. The molecule has 1 fully saturated rings. The van der Waals surface area contributed by atoms with Gasteiger partial charge < -0.3 is 10.6 Å². The summed E-state index contributed by atoms with van der Waals surface area (Å²) in [4.78, 5) is 24.0. The van der Waals surface area contributed by atoms with E-state index in [1.54, 1.807) is 12.1 Å². The fourth-order valence-electron chi connectivity index (χ4n) is 3.11. The van der Waals surface area contributed by atoms with Crippen molar-refractivity contribution in [3.8, 4) is 11.4 Å². The van der Waals surface area contributed by atoms with Crippen molar-refractivity contribution in [2.24, 2.45) is 5.92 Å². The van der Waals surface area contributed by atoms with Crippen LogP contribution in [0.15, 0.2) is 24.3 Å². The van der Waals surface area contributed by atoms with Gasteiger partial charge in [0.2, 0.25) is 17.6 Å². The highest BCUT2D eigenvalue weighted by Crippen LogP contribution is 2.28. The van der Waals surface area contributed by atoms with Gasteiger partial charge in [0.05, 0.1) is 0 Å². The number of aromatic amines is 1. The van der Waals surface area contributed by atoms with E-state index in [-0.39, 0.29) is 17.7 Å². The monoisotopic (exact) mass is 328 g/mol. The van der Waals surface area contributed by atoms with E-state index in [0.29, 0.717) is 11.5 Å². The van der Waals surface area contributed by atoms with Crippen LogP contribution in [0.3, 0.4) is 0 Å². The Morgan fingerprint density at radius 3 is 2.50 bits per heavy atom. The van der Waals surface area contributed by atoms with Crippen LogP contribution >= 0.6 is 0 Å². The van der Waals surface area contributed by atoms with Gasteiger partial charge in [-0.25, -0.2) is 0 Å². The summed E-state index contributed by atoms with van der Waals surface area (Å²) < 4.78 is 0. The number of amides is 2. The maximum atomic E-state index is 12.6. The summed E-state index contributed by atoms with van der Waals surface area (Å²) >= 11 is 0. The van der Waals surface area contributed by atoms with Crippen molar-refractivity contribution in [3.05, 3.63) is 24.3 Å². The van der Waals surface area contributed by atoms with E-state index in [9.17, 15) is 9.59 Å². The molecule has 0 spiro atoms. The number of benzene rings is 1. The summed E-state index contributed by atoms with van der Waals surface area (Å²) in [5.41, 5.74) is 1.47. The third kappa shape index (κ3) is 3.76. The van der Waals surface area contributed by atoms with Crippen molar-refractivity contribution >= 4 is 17.5 Å². The highest BCUT2D eigenvalue weighted by Gasteiger charge is 2.31. The first-order valence-corrected chi connectivity index (χ1v) is 8.05. The number of tetrazole rings is 1. The minimum atomic E-state index is -0.484. The number of carbonyl (C=O) groups excluding carboxylic acids is 2. The maximum absolute atomic E-state index is 12.6. The number of hydrogen-bond acceptors (Lipinski definition) is 5. The van der Waals surface area contributed by atoms with Crippen LogP contribution in [0.4, 0.5) is 5.69 Å². The smallest absolute Gasteiger partial charge is 0.247 e. The fraction of sp³-hybridized carbons (Fsp3) is 0.438. The first kappa shape index (κ1) is 16.1. The lowest BCUT2D eigenvalue weighted by atomic mass is 9.97. The van der Waals surface area contributed by atoms with Crippen LogP contribution in [0.2, 0.25) is 0 Å². The van der Waals surface area contributed by atoms with Gasteiger partial charge in [-0.2, -0.15) is 5.21 Å². The molecule has 1 atom stereocenters. The molecule has 0 radical (unpaired) electrons. The summed E-state index contributed by atoms with van der Waals surface area (Å²) in [5, 5.41) is 19.4. The molecule has 1 aliphatic rings. The lowest BCUT2D eigenvalue weighted by molar-refractivity contribution is -0.126. The highest BCUT2D eigenvalue weighted by atomic mass is 16.2. The van der Waals surface area contributed by atoms with Crippen LogP contribution in [0, 0.1) is 5.92 Å². The average Bonchev–Trinajstić information content (AvgIpc) is 3.26. The minimum Gasteiger partial charge on any atom is -0.344 e. The number of nitrogens with zero attached hydrogens (tertiary/aromatic N) is 3. The summed E-state index contributed by atoms with van der Waals surface area (Å²) in [7, 11) is 0. The topological polar surface area (TPSA) is 113 Å². The van der Waals surface area contributed by atoms with Crippen molar-refractivity contribution in [1.82, 2.24) is 25.9 Å². The molecule has 1 aromatic heterocycles. The Labute approximate surface area is 139 Å². The lowest BCUT2D eigenvalue weighted by Gasteiger charge is -2.23. The van der Waals surface area contributed by atoms with E-state index in [2.05, 4.69) is 31.3 Å². The van der Waals surface area contributed by atoms with Crippen molar-refractivity contribution < 1.29 is 9.59 Å². The fourth-order valence-corrected chi connectivity index (χ4v) is 3.11. The molecule has 1 aromatic carbocycles. The van der Waals surface area contributed by atoms with E-state index >= 15 is 0 Å². The van der Waals surface area contributed by atoms with Crippen LogP contribution in [0.25, 0.3) is 11.4 Å². The first-order valence-electron chi connectivity index (χ1n) is 8.05. The number of H-pyrrole nitrogens is 1. The van der Waals surface area contributed by atoms with Crippen LogP contribution in [-0.4, -0.2) is 38.5 Å². The molecule has 3 N–H and O–H groups in total. The molecule has 0 aliphatic heterocycles. The van der Waals surface area contributed by atoms with Gasteiger partial charge in [-0.3, -0.25) is 9.59 Å². The zero-order chi connectivity index (χ0) is 16.9. The van der Waals surface area contributed by atoms with Crippen LogP contribution < -0.4 is 10.6 Å². The molecule has 1 aliphatic carbocycles. The Balaban J connectivity index is 1.68. The molecule has 1 unspecified atom stereocenters. The molecule has 0 saturated heterocycles. The first-order chi connectivity index (χ1) is 11.6. The number of rotatable bonds is 5. The quantitative estimate of drug-likeness (QED) is 0.770. The number of nitrogens with one attached hydrogen (secondary N) is 3. The van der Waals surface area contributed by atoms with Gasteiger partial charge in [-0.1, -0.05) is 12.8 Å². The van der Waals surface area contributed by atoms with Crippen molar-refractivity contribution in [1.29, 1.82) is 0 Å². The minimum absolute atomic E-state index is 0.176. The molecule has 2 aromatic rings. The van der Waals surface area contributed by atoms with Gasteiger partial charge in [-0.15, -0.1) is 10.2 Å². The third-order valence-corrected chi connectivity index (χ3v) is 4.27. The maximum Gasteiger partial charge on any atom is 0.247 e. The molecule has 3 rings (SSSR count). The van der Waals surface area contributed by atoms with E-state index < -0.39 is 6.04 Å². The number of hydrogen-bond donors (Lipinski definition) is 3. The van der Waals surface area contributed by atoms with Gasteiger partial charge in [0.25, 0.3) is 0 Å². The van der Waals surface area contributed by atoms with Crippen molar-refractivity contribution in [3.63, 3.8) is 0 Å². The van der Waals surface area contributed by atoms with E-state index in [4.69, 9.17) is 0 Å². The molecule has 1 heterocycles. The number of carbonyl (C=O) groups is 2. The molecular formula is C16H20N6O2. The van der Waals surface area contributed by atoms with Crippen molar-refractivity contribution in [2.75, 3.05) is 5.32 Å². The molecule has 8 heteroatoms. The summed E-state index contributed by atoms with van der Waals surface area (Å²) in [6.07, 6.45) is 4.14. The normalized spacial score (nSPS) is 15.9. The molecule has 24 heavy (non-hydrogen) atoms. The Hall–Kier alpha value is -2.77. The second kappa shape index (κ2) is 7.20. The van der Waals surface area contributed by atoms with Crippen LogP contribution in [-0.2, 0) is 9.59 Å². The largest absolute Gasteiger partial charge is 0.344 e. The van der Waals surface area contributed by atoms with Gasteiger partial charge in [-0.05, 0) is 48.2 Å². The Kier molecular flexibility index (Phi) is 4.83. The van der Waals surface area contributed by atoms with E-state index in [1.807, 2.05) is 12.1 Å². The Morgan fingerprint density at radius 2 is 1.92 bits per heavy atom. The van der Waals surface area contributed by atoms with Gasteiger partial charge in [0.15, 0.2) is 0 Å². The van der Waals surface area contributed by atoms with Crippen LogP contribution in [0.1, 0.15) is 32.6 Å². The van der Waals surface area contributed by atoms with Crippen molar-refractivity contribution in [2.45, 2.75) is 38.6 Å². The summed E-state index contributed by atoms with van der Waals surface area (Å²) in [6.45, 7) is 1.44. The summed E-state index contributed by atoms with van der Waals surface area (Å²) in [6, 6.07) is 6.70. The molecule has 8 nitrogen and oxygen atoms in total. The average molecular weight is 328 g/mol. The van der Waals surface area contributed by atoms with Gasteiger partial charge in [0, 0.05) is 18.2 Å². The lowest BCUT2D eigenvalue weighted by Crippen LogP contribution is -2.47. The molecule has 2 amide bonds. The van der Waals surface area contributed by atoms with Gasteiger partial charge >= 0.3 is 0 Å². The zero-order valence-corrected chi connectivity index (χ0v) is 13.5. The molecular weight excluding hydrogens is 308 g/mol. The summed E-state index contributed by atoms with van der Waals surface area (Å²) in [5.74, 6) is 0.335. The Morgan fingerprint density at radius 1 is 1.21 bits per heavy atom. The van der Waals surface area contributed by atoms with Gasteiger partial charge in [0.1, 0.15) is 6.04 Å². The highest BCUT2D eigenvalue weighted by molar-refractivity contribution is 5.97. The zero-order valence-electron chi connectivity index (χ0n) is 13.5. The van der Waals surface area contributed by atoms with Crippen LogP contribution in [0.5, 0.6) is 0 Å². The second-order valence-electron chi connectivity index (χ2n) is 6.02.